The van der Waals surface area contributed by atoms with Crippen LogP contribution in [-0.2, 0) is 24.3 Å². The molecule has 0 atom stereocenters. The number of para-hydroxylation sites is 1. The van der Waals surface area contributed by atoms with E-state index in [-0.39, 0.29) is 18.4 Å². The Morgan fingerprint density at radius 1 is 1.00 bits per heavy atom. The van der Waals surface area contributed by atoms with E-state index in [0.717, 1.165) is 33.5 Å². The Morgan fingerprint density at radius 3 is 2.55 bits per heavy atom. The van der Waals surface area contributed by atoms with Gasteiger partial charge in [0.25, 0.3) is 5.91 Å². The van der Waals surface area contributed by atoms with Crippen LogP contribution >= 0.6 is 0 Å². The lowest BCUT2D eigenvalue weighted by Gasteiger charge is -2.12. The molecule has 168 valence electrons. The molecule has 2 amide bonds. The number of nitrogens with one attached hydrogen (secondary N) is 2. The van der Waals surface area contributed by atoms with E-state index < -0.39 is 5.69 Å². The smallest absolute Gasteiger partial charge is 0.348 e. The molecule has 0 spiro atoms. The predicted molar refractivity (Wildman–Crippen MR) is 126 cm³/mol. The van der Waals surface area contributed by atoms with Crippen molar-refractivity contribution >= 4 is 23.1 Å². The fourth-order valence-electron chi connectivity index (χ4n) is 3.65. The van der Waals surface area contributed by atoms with E-state index in [1.54, 1.807) is 12.1 Å². The number of hydrogen-bond donors (Lipinski definition) is 2. The Labute approximate surface area is 190 Å². The summed E-state index contributed by atoms with van der Waals surface area (Å²) in [5.41, 5.74) is 3.92. The lowest BCUT2D eigenvalue weighted by atomic mass is 10.1. The Bertz CT molecular complexity index is 1370. The van der Waals surface area contributed by atoms with Crippen molar-refractivity contribution in [3.05, 3.63) is 99.6 Å². The molecular formula is C25H25N5O3. The van der Waals surface area contributed by atoms with Crippen molar-refractivity contribution in [2.24, 2.45) is 0 Å². The van der Waals surface area contributed by atoms with Gasteiger partial charge < -0.3 is 10.6 Å². The van der Waals surface area contributed by atoms with E-state index in [9.17, 15) is 14.4 Å². The molecule has 0 unspecified atom stereocenters. The van der Waals surface area contributed by atoms with Gasteiger partial charge in [-0.15, -0.1) is 5.10 Å². The number of aromatic nitrogens is 3. The second kappa shape index (κ2) is 9.52. The first-order chi connectivity index (χ1) is 16.0. The monoisotopic (exact) mass is 443 g/mol. The lowest BCUT2D eigenvalue weighted by Crippen LogP contribution is -2.29. The van der Waals surface area contributed by atoms with Gasteiger partial charge in [-0.3, -0.25) is 9.59 Å². The zero-order chi connectivity index (χ0) is 23.4. The summed E-state index contributed by atoms with van der Waals surface area (Å²) in [5.74, 6) is -0.643. The zero-order valence-corrected chi connectivity index (χ0v) is 18.5. The number of rotatable bonds is 7. The molecule has 2 aromatic carbocycles. The molecule has 0 aliphatic heterocycles. The highest BCUT2D eigenvalue weighted by Gasteiger charge is 2.15. The van der Waals surface area contributed by atoms with Gasteiger partial charge in [-0.1, -0.05) is 55.5 Å². The van der Waals surface area contributed by atoms with Crippen molar-refractivity contribution in [2.45, 2.75) is 33.4 Å². The SMILES string of the molecule is CCc1cccc(C)c1NC(=O)Cn1nc2ccc(C(=O)NCc3ccccc3)cn2c1=O. The predicted octanol–water partition coefficient (Wildman–Crippen LogP) is 2.94. The van der Waals surface area contributed by atoms with E-state index in [4.69, 9.17) is 0 Å². The van der Waals surface area contributed by atoms with E-state index >= 15 is 0 Å². The van der Waals surface area contributed by atoms with Crippen molar-refractivity contribution in [3.8, 4) is 0 Å². The Morgan fingerprint density at radius 2 is 1.79 bits per heavy atom. The van der Waals surface area contributed by atoms with Crippen LogP contribution in [0.3, 0.4) is 0 Å². The van der Waals surface area contributed by atoms with Crippen molar-refractivity contribution in [1.29, 1.82) is 0 Å². The molecule has 0 saturated carbocycles. The molecule has 0 aliphatic rings. The molecule has 8 heteroatoms. The summed E-state index contributed by atoms with van der Waals surface area (Å²) in [6.45, 7) is 4.10. The summed E-state index contributed by atoms with van der Waals surface area (Å²) in [5, 5.41) is 9.96. The number of hydrogen-bond acceptors (Lipinski definition) is 4. The second-order valence-electron chi connectivity index (χ2n) is 7.77. The maximum Gasteiger partial charge on any atom is 0.350 e. The minimum atomic E-state index is -0.488. The van der Waals surface area contributed by atoms with Crippen molar-refractivity contribution in [3.63, 3.8) is 0 Å². The number of carbonyl (C=O) groups excluding carboxylic acids is 2. The van der Waals surface area contributed by atoms with Crippen LogP contribution in [0.2, 0.25) is 0 Å². The van der Waals surface area contributed by atoms with Gasteiger partial charge in [0.1, 0.15) is 6.54 Å². The molecular weight excluding hydrogens is 418 g/mol. The summed E-state index contributed by atoms with van der Waals surface area (Å²) in [4.78, 5) is 38.0. The minimum absolute atomic E-state index is 0.229. The average molecular weight is 444 g/mol. The number of anilines is 1. The van der Waals surface area contributed by atoms with Gasteiger partial charge in [-0.25, -0.2) is 13.9 Å². The largest absolute Gasteiger partial charge is 0.350 e. The van der Waals surface area contributed by atoms with E-state index in [2.05, 4.69) is 15.7 Å². The van der Waals surface area contributed by atoms with Crippen LogP contribution in [0.5, 0.6) is 0 Å². The fraction of sp³-hybridized carbons (Fsp3) is 0.200. The van der Waals surface area contributed by atoms with Crippen molar-refractivity contribution in [1.82, 2.24) is 19.5 Å². The maximum absolute atomic E-state index is 12.8. The third-order valence-electron chi connectivity index (χ3n) is 5.43. The number of pyridine rings is 1. The third kappa shape index (κ3) is 4.85. The summed E-state index contributed by atoms with van der Waals surface area (Å²) >= 11 is 0. The normalized spacial score (nSPS) is 10.8. The second-order valence-corrected chi connectivity index (χ2v) is 7.77. The first kappa shape index (κ1) is 22.0. The average Bonchev–Trinajstić information content (AvgIpc) is 3.13. The molecule has 0 saturated heterocycles. The molecule has 2 aromatic heterocycles. The fourth-order valence-corrected chi connectivity index (χ4v) is 3.65. The van der Waals surface area contributed by atoms with Crippen LogP contribution in [0.1, 0.15) is 34.0 Å². The highest BCUT2D eigenvalue weighted by molar-refractivity contribution is 5.94. The number of aryl methyl sites for hydroxylation is 2. The zero-order valence-electron chi connectivity index (χ0n) is 18.5. The number of fused-ring (bicyclic) bond motifs is 1. The molecule has 0 bridgehead atoms. The molecule has 2 heterocycles. The number of nitrogens with zero attached hydrogens (tertiary/aromatic N) is 3. The highest BCUT2D eigenvalue weighted by atomic mass is 16.2. The lowest BCUT2D eigenvalue weighted by molar-refractivity contribution is -0.117. The standard InChI is InChI=1S/C25H25N5O3/c1-3-19-11-7-8-17(2)23(19)27-22(31)16-30-25(33)29-15-20(12-13-21(29)28-30)24(32)26-14-18-9-5-4-6-10-18/h4-13,15H,3,14,16H2,1-2H3,(H,26,32)(H,27,31). The summed E-state index contributed by atoms with van der Waals surface area (Å²) in [6.07, 6.45) is 2.22. The summed E-state index contributed by atoms with van der Waals surface area (Å²) < 4.78 is 2.37. The summed E-state index contributed by atoms with van der Waals surface area (Å²) in [7, 11) is 0. The number of benzene rings is 2. The van der Waals surface area contributed by atoms with E-state index in [1.165, 1.54) is 10.6 Å². The molecule has 0 fully saturated rings. The van der Waals surface area contributed by atoms with Crippen molar-refractivity contribution < 1.29 is 9.59 Å². The molecule has 4 rings (SSSR count). The van der Waals surface area contributed by atoms with E-state index in [0.29, 0.717) is 17.8 Å². The first-order valence-corrected chi connectivity index (χ1v) is 10.8. The highest BCUT2D eigenvalue weighted by Crippen LogP contribution is 2.21. The van der Waals surface area contributed by atoms with Gasteiger partial charge in [-0.2, -0.15) is 0 Å². The van der Waals surface area contributed by atoms with Gasteiger partial charge in [0, 0.05) is 18.4 Å². The van der Waals surface area contributed by atoms with Crippen molar-refractivity contribution in [2.75, 3.05) is 5.32 Å². The van der Waals surface area contributed by atoms with Crippen LogP contribution in [0.4, 0.5) is 5.69 Å². The molecule has 4 aromatic rings. The molecule has 33 heavy (non-hydrogen) atoms. The van der Waals surface area contributed by atoms with Gasteiger partial charge in [0.2, 0.25) is 5.91 Å². The van der Waals surface area contributed by atoms with Crippen LogP contribution in [-0.4, -0.2) is 26.0 Å². The molecule has 2 N–H and O–H groups in total. The Balaban J connectivity index is 1.50. The van der Waals surface area contributed by atoms with Gasteiger partial charge >= 0.3 is 5.69 Å². The third-order valence-corrected chi connectivity index (χ3v) is 5.43. The summed E-state index contributed by atoms with van der Waals surface area (Å²) in [6, 6.07) is 18.6. The van der Waals surface area contributed by atoms with Crippen LogP contribution in [0.15, 0.2) is 71.7 Å². The van der Waals surface area contributed by atoms with Crippen LogP contribution < -0.4 is 16.3 Å². The maximum atomic E-state index is 12.8. The van der Waals surface area contributed by atoms with Crippen LogP contribution in [0, 0.1) is 6.92 Å². The molecule has 0 radical (unpaired) electrons. The molecule has 8 nitrogen and oxygen atoms in total. The van der Waals surface area contributed by atoms with Gasteiger partial charge in [-0.05, 0) is 42.2 Å². The van der Waals surface area contributed by atoms with Crippen LogP contribution in [0.25, 0.3) is 5.65 Å². The Kier molecular flexibility index (Phi) is 6.35. The van der Waals surface area contributed by atoms with Gasteiger partial charge in [0.15, 0.2) is 5.65 Å². The number of amides is 2. The van der Waals surface area contributed by atoms with Gasteiger partial charge in [0.05, 0.1) is 5.56 Å². The first-order valence-electron chi connectivity index (χ1n) is 10.8. The van der Waals surface area contributed by atoms with E-state index in [1.807, 2.05) is 62.4 Å². The number of carbonyl (C=O) groups is 2. The quantitative estimate of drug-likeness (QED) is 0.459. The topological polar surface area (TPSA) is 97.5 Å². The minimum Gasteiger partial charge on any atom is -0.348 e. The Hall–Kier alpha value is -4.20. The molecule has 0 aliphatic carbocycles.